The van der Waals surface area contributed by atoms with Crippen molar-refractivity contribution in [2.75, 3.05) is 25.5 Å². The summed E-state index contributed by atoms with van der Waals surface area (Å²) in [5.41, 5.74) is 2.84. The number of hydrogen-bond acceptors (Lipinski definition) is 5. The van der Waals surface area contributed by atoms with E-state index in [0.29, 0.717) is 18.9 Å². The summed E-state index contributed by atoms with van der Waals surface area (Å²) in [5.74, 6) is 0.383. The third-order valence-corrected chi connectivity index (χ3v) is 8.36. The number of pyridine rings is 1. The fraction of sp³-hybridized carbons (Fsp3) is 0.379. The van der Waals surface area contributed by atoms with E-state index >= 15 is 0 Å². The smallest absolute Gasteiger partial charge is 0.332 e. The summed E-state index contributed by atoms with van der Waals surface area (Å²) in [4.78, 5) is 50.0. The van der Waals surface area contributed by atoms with Crippen LogP contribution in [0.4, 0.5) is 10.6 Å². The molecular formula is C29H30N4O3. The molecule has 2 aromatic carbocycles. The maximum Gasteiger partial charge on any atom is 0.332 e. The molecule has 7 heteroatoms. The number of rotatable bonds is 2. The van der Waals surface area contributed by atoms with E-state index < -0.39 is 23.3 Å². The molecule has 0 N–H and O–H groups in total. The molecule has 7 nitrogen and oxygen atoms in total. The Kier molecular flexibility index (Phi) is 5.14. The number of imide groups is 2. The number of fused-ring (bicyclic) bond motifs is 5. The third kappa shape index (κ3) is 3.25. The van der Waals surface area contributed by atoms with Gasteiger partial charge in [-0.15, -0.1) is 0 Å². The average Bonchev–Trinajstić information content (AvgIpc) is 2.89. The highest BCUT2D eigenvalue weighted by Crippen LogP contribution is 2.49. The van der Waals surface area contributed by atoms with Crippen LogP contribution >= 0.6 is 0 Å². The zero-order chi connectivity index (χ0) is 25.2. The van der Waals surface area contributed by atoms with Crippen molar-refractivity contribution in [1.29, 1.82) is 0 Å². The van der Waals surface area contributed by atoms with Crippen LogP contribution in [0, 0.1) is 18.3 Å². The molecule has 1 aromatic heterocycles. The summed E-state index contributed by atoms with van der Waals surface area (Å²) < 4.78 is 0. The Morgan fingerprint density at radius 3 is 2.42 bits per heavy atom. The van der Waals surface area contributed by atoms with Gasteiger partial charge in [0.2, 0.25) is 11.8 Å². The summed E-state index contributed by atoms with van der Waals surface area (Å²) in [6.45, 7) is 2.75. The van der Waals surface area contributed by atoms with Gasteiger partial charge in [-0.25, -0.2) is 9.78 Å². The lowest BCUT2D eigenvalue weighted by Crippen LogP contribution is -2.72. The van der Waals surface area contributed by atoms with Gasteiger partial charge >= 0.3 is 6.03 Å². The van der Waals surface area contributed by atoms with Crippen LogP contribution in [0.15, 0.2) is 54.6 Å². The molecule has 2 fully saturated rings. The number of piperidine rings is 1. The van der Waals surface area contributed by atoms with Gasteiger partial charge in [0.1, 0.15) is 5.82 Å². The lowest BCUT2D eigenvalue weighted by Gasteiger charge is -2.55. The maximum absolute atomic E-state index is 13.9. The highest BCUT2D eigenvalue weighted by Gasteiger charge is 2.64. The lowest BCUT2D eigenvalue weighted by molar-refractivity contribution is -0.160. The summed E-state index contributed by atoms with van der Waals surface area (Å²) in [5, 5.41) is 0.995. The average molecular weight is 483 g/mol. The molecule has 0 unspecified atom stereocenters. The molecule has 184 valence electrons. The predicted molar refractivity (Wildman–Crippen MR) is 138 cm³/mol. The van der Waals surface area contributed by atoms with Crippen molar-refractivity contribution in [2.24, 2.45) is 11.3 Å². The third-order valence-electron chi connectivity index (χ3n) is 8.36. The van der Waals surface area contributed by atoms with E-state index in [1.165, 1.54) is 19.7 Å². The Balaban J connectivity index is 1.49. The zero-order valence-electron chi connectivity index (χ0n) is 20.9. The van der Waals surface area contributed by atoms with Crippen molar-refractivity contribution in [3.63, 3.8) is 0 Å². The van der Waals surface area contributed by atoms with Gasteiger partial charge in [0.05, 0.1) is 11.6 Å². The normalized spacial score (nSPS) is 23.3. The van der Waals surface area contributed by atoms with Crippen LogP contribution in [0.25, 0.3) is 10.9 Å². The van der Waals surface area contributed by atoms with E-state index in [4.69, 9.17) is 4.98 Å². The molecule has 2 atom stereocenters. The van der Waals surface area contributed by atoms with Gasteiger partial charge in [0.25, 0.3) is 0 Å². The molecular weight excluding hydrogens is 452 g/mol. The first-order valence-corrected chi connectivity index (χ1v) is 12.6. The van der Waals surface area contributed by atoms with Gasteiger partial charge in [0, 0.05) is 32.4 Å². The fourth-order valence-corrected chi connectivity index (χ4v) is 6.54. The monoisotopic (exact) mass is 482 g/mol. The summed E-state index contributed by atoms with van der Waals surface area (Å²) in [6, 6.07) is 17.7. The first-order chi connectivity index (χ1) is 17.3. The standard InChI is InChI=1S/C29H30N4O3/c1-18-9-10-23-21(13-18)16-22-17-29(26(34)31(2)28(36)32(3)27(29)35)24-15-20(11-12-33(24)25(22)30-23)14-19-7-5-4-6-8-19/h4-10,13,16,20,24H,11-12,14-15,17H2,1-3H3/t20-,24-/m1/s1. The maximum atomic E-state index is 13.9. The van der Waals surface area contributed by atoms with Gasteiger partial charge in [-0.05, 0) is 61.4 Å². The molecule has 3 aromatic rings. The summed E-state index contributed by atoms with van der Waals surface area (Å²) in [6.07, 6.45) is 2.78. The Bertz CT molecular complexity index is 1380. The first-order valence-electron chi connectivity index (χ1n) is 12.6. The Morgan fingerprint density at radius 1 is 0.972 bits per heavy atom. The molecule has 0 radical (unpaired) electrons. The molecule has 36 heavy (non-hydrogen) atoms. The van der Waals surface area contributed by atoms with E-state index in [0.717, 1.165) is 50.5 Å². The van der Waals surface area contributed by atoms with E-state index in [1.807, 2.05) is 31.2 Å². The molecule has 6 rings (SSSR count). The van der Waals surface area contributed by atoms with Gasteiger partial charge in [0.15, 0.2) is 5.41 Å². The second-order valence-electron chi connectivity index (χ2n) is 10.6. The van der Waals surface area contributed by atoms with Crippen LogP contribution in [0.2, 0.25) is 0 Å². The van der Waals surface area contributed by atoms with E-state index in [1.54, 1.807) is 0 Å². The molecule has 3 aliphatic rings. The molecule has 4 heterocycles. The van der Waals surface area contributed by atoms with E-state index in [2.05, 4.69) is 35.2 Å². The molecule has 3 aliphatic heterocycles. The fourth-order valence-electron chi connectivity index (χ4n) is 6.54. The minimum absolute atomic E-state index is 0.248. The van der Waals surface area contributed by atoms with E-state index in [-0.39, 0.29) is 12.5 Å². The van der Waals surface area contributed by atoms with Crippen molar-refractivity contribution in [3.8, 4) is 0 Å². The molecule has 4 amide bonds. The Morgan fingerprint density at radius 2 is 1.69 bits per heavy atom. The molecule has 0 bridgehead atoms. The van der Waals surface area contributed by atoms with Gasteiger partial charge in [-0.1, -0.05) is 42.0 Å². The highest BCUT2D eigenvalue weighted by molar-refractivity contribution is 6.20. The lowest BCUT2D eigenvalue weighted by atomic mass is 9.64. The number of benzene rings is 2. The predicted octanol–water partition coefficient (Wildman–Crippen LogP) is 3.96. The number of carbonyl (C=O) groups is 3. The highest BCUT2D eigenvalue weighted by atomic mass is 16.2. The number of carbonyl (C=O) groups excluding carboxylic acids is 3. The first kappa shape index (κ1) is 22.7. The number of anilines is 1. The Hall–Kier alpha value is -3.74. The van der Waals surface area contributed by atoms with Crippen molar-refractivity contribution < 1.29 is 14.4 Å². The minimum atomic E-state index is -1.35. The summed E-state index contributed by atoms with van der Waals surface area (Å²) in [7, 11) is 2.98. The van der Waals surface area contributed by atoms with Crippen LogP contribution in [-0.4, -0.2) is 59.3 Å². The SMILES string of the molecule is Cc1ccc2nc3c(cc2c1)CC1(C(=O)N(C)C(=O)N(C)C1=O)[C@H]1C[C@@H](Cc2ccccc2)CCN31. The number of amides is 4. The number of aryl methyl sites for hydroxylation is 1. The van der Waals surface area contributed by atoms with E-state index in [9.17, 15) is 14.4 Å². The molecule has 0 saturated carbocycles. The zero-order valence-corrected chi connectivity index (χ0v) is 20.9. The number of aromatic nitrogens is 1. The van der Waals surface area contributed by atoms with Gasteiger partial charge in [-0.3, -0.25) is 19.4 Å². The van der Waals surface area contributed by atoms with Crippen LogP contribution in [0.5, 0.6) is 0 Å². The molecule has 0 aliphatic carbocycles. The minimum Gasteiger partial charge on any atom is -0.352 e. The number of urea groups is 1. The largest absolute Gasteiger partial charge is 0.352 e. The Labute approximate surface area is 210 Å². The second kappa shape index (κ2) is 8.15. The van der Waals surface area contributed by atoms with Crippen molar-refractivity contribution in [3.05, 3.63) is 71.3 Å². The number of hydrogen-bond donors (Lipinski definition) is 0. The van der Waals surface area contributed by atoms with Crippen LogP contribution in [0.1, 0.15) is 29.5 Å². The molecule has 1 spiro atoms. The van der Waals surface area contributed by atoms with Crippen molar-refractivity contribution in [2.45, 2.75) is 38.6 Å². The van der Waals surface area contributed by atoms with Crippen molar-refractivity contribution >= 4 is 34.6 Å². The quantitative estimate of drug-likeness (QED) is 0.517. The topological polar surface area (TPSA) is 73.8 Å². The van der Waals surface area contributed by atoms with Crippen LogP contribution < -0.4 is 4.90 Å². The molecule has 2 saturated heterocycles. The number of barbiturate groups is 1. The van der Waals surface area contributed by atoms with Crippen molar-refractivity contribution in [1.82, 2.24) is 14.8 Å². The van der Waals surface area contributed by atoms with Crippen LogP contribution in [-0.2, 0) is 22.4 Å². The van der Waals surface area contributed by atoms with Crippen LogP contribution in [0.3, 0.4) is 0 Å². The van der Waals surface area contributed by atoms with Gasteiger partial charge < -0.3 is 4.90 Å². The number of nitrogens with zero attached hydrogens (tertiary/aromatic N) is 4. The second-order valence-corrected chi connectivity index (χ2v) is 10.6. The van der Waals surface area contributed by atoms with Gasteiger partial charge in [-0.2, -0.15) is 0 Å². The summed E-state index contributed by atoms with van der Waals surface area (Å²) >= 11 is 0.